The Balaban J connectivity index is 1.90. The van der Waals surface area contributed by atoms with Gasteiger partial charge in [-0.15, -0.1) is 0 Å². The molecule has 0 radical (unpaired) electrons. The standard InChI is InChI=1S/C15H20ClN5O/c1-17-15(18-7-8-22-2)19-9-12-10-20-21(11-12)14-5-3-13(16)4-6-14/h3-6,10-11H,7-9H2,1-2H3,(H2,17,18,19). The van der Waals surface area contributed by atoms with Crippen molar-refractivity contribution in [2.75, 3.05) is 27.3 Å². The third-order valence-electron chi connectivity index (χ3n) is 3.01. The van der Waals surface area contributed by atoms with E-state index in [1.807, 2.05) is 41.3 Å². The number of methoxy groups -OCH3 is 1. The average Bonchev–Trinajstić information content (AvgIpc) is 3.00. The van der Waals surface area contributed by atoms with Crippen LogP contribution in [0.3, 0.4) is 0 Å². The number of nitrogens with zero attached hydrogens (tertiary/aromatic N) is 3. The minimum Gasteiger partial charge on any atom is -0.383 e. The van der Waals surface area contributed by atoms with Crippen molar-refractivity contribution in [2.24, 2.45) is 4.99 Å². The Hall–Kier alpha value is -2.05. The summed E-state index contributed by atoms with van der Waals surface area (Å²) in [5.41, 5.74) is 2.03. The van der Waals surface area contributed by atoms with Gasteiger partial charge in [-0.2, -0.15) is 5.10 Å². The molecule has 6 nitrogen and oxygen atoms in total. The highest BCUT2D eigenvalue weighted by Crippen LogP contribution is 2.13. The van der Waals surface area contributed by atoms with Gasteiger partial charge in [0.25, 0.3) is 0 Å². The van der Waals surface area contributed by atoms with Crippen LogP contribution < -0.4 is 10.6 Å². The van der Waals surface area contributed by atoms with Gasteiger partial charge in [0.05, 0.1) is 18.5 Å². The summed E-state index contributed by atoms with van der Waals surface area (Å²) in [7, 11) is 3.41. The minimum atomic E-state index is 0.634. The lowest BCUT2D eigenvalue weighted by molar-refractivity contribution is 0.203. The summed E-state index contributed by atoms with van der Waals surface area (Å²) in [5.74, 6) is 0.733. The molecule has 0 spiro atoms. The first-order valence-electron chi connectivity index (χ1n) is 6.96. The number of ether oxygens (including phenoxy) is 1. The molecule has 22 heavy (non-hydrogen) atoms. The summed E-state index contributed by atoms with van der Waals surface area (Å²) in [6.07, 6.45) is 3.79. The molecule has 0 fully saturated rings. The van der Waals surface area contributed by atoms with Crippen LogP contribution in [0.4, 0.5) is 0 Å². The first-order valence-corrected chi connectivity index (χ1v) is 7.33. The third kappa shape index (κ3) is 4.75. The quantitative estimate of drug-likeness (QED) is 0.484. The Morgan fingerprint density at radius 1 is 1.32 bits per heavy atom. The van der Waals surface area contributed by atoms with Crippen LogP contribution in [-0.4, -0.2) is 43.0 Å². The van der Waals surface area contributed by atoms with Gasteiger partial charge in [-0.3, -0.25) is 4.99 Å². The molecule has 1 aromatic carbocycles. The van der Waals surface area contributed by atoms with Gasteiger partial charge in [0.1, 0.15) is 0 Å². The maximum absolute atomic E-state index is 5.89. The van der Waals surface area contributed by atoms with Crippen molar-refractivity contribution in [2.45, 2.75) is 6.54 Å². The molecule has 118 valence electrons. The number of hydrogen-bond donors (Lipinski definition) is 2. The van der Waals surface area contributed by atoms with Gasteiger partial charge in [0.2, 0.25) is 0 Å². The number of rotatable bonds is 6. The van der Waals surface area contributed by atoms with Crippen molar-refractivity contribution in [3.8, 4) is 5.69 Å². The number of guanidine groups is 1. The zero-order valence-electron chi connectivity index (χ0n) is 12.7. The van der Waals surface area contributed by atoms with Crippen LogP contribution in [-0.2, 0) is 11.3 Å². The van der Waals surface area contributed by atoms with E-state index in [0.717, 1.165) is 17.2 Å². The topological polar surface area (TPSA) is 63.5 Å². The summed E-state index contributed by atoms with van der Waals surface area (Å²) in [4.78, 5) is 4.15. The van der Waals surface area contributed by atoms with Crippen molar-refractivity contribution in [1.29, 1.82) is 0 Å². The largest absolute Gasteiger partial charge is 0.383 e. The van der Waals surface area contributed by atoms with Gasteiger partial charge in [0.15, 0.2) is 5.96 Å². The SMILES string of the molecule is CN=C(NCCOC)NCc1cnn(-c2ccc(Cl)cc2)c1. The van der Waals surface area contributed by atoms with Gasteiger partial charge >= 0.3 is 0 Å². The van der Waals surface area contributed by atoms with E-state index in [1.54, 1.807) is 14.2 Å². The lowest BCUT2D eigenvalue weighted by Gasteiger charge is -2.10. The normalized spacial score (nSPS) is 11.5. The first kappa shape index (κ1) is 16.3. The van der Waals surface area contributed by atoms with Crippen molar-refractivity contribution >= 4 is 17.6 Å². The molecule has 0 bridgehead atoms. The molecular formula is C15H20ClN5O. The van der Waals surface area contributed by atoms with Crippen LogP contribution in [0.15, 0.2) is 41.7 Å². The van der Waals surface area contributed by atoms with Crippen LogP contribution in [0, 0.1) is 0 Å². The van der Waals surface area contributed by atoms with Gasteiger partial charge < -0.3 is 15.4 Å². The van der Waals surface area contributed by atoms with Crippen LogP contribution in [0.1, 0.15) is 5.56 Å². The molecule has 0 amide bonds. The van der Waals surface area contributed by atoms with E-state index in [9.17, 15) is 0 Å². The second-order valence-electron chi connectivity index (χ2n) is 4.61. The number of aromatic nitrogens is 2. The van der Waals surface area contributed by atoms with E-state index in [0.29, 0.717) is 24.7 Å². The number of hydrogen-bond acceptors (Lipinski definition) is 3. The number of aliphatic imine (C=N–C) groups is 1. The van der Waals surface area contributed by atoms with E-state index in [2.05, 4.69) is 20.7 Å². The number of nitrogens with one attached hydrogen (secondary N) is 2. The zero-order chi connectivity index (χ0) is 15.8. The molecule has 2 rings (SSSR count). The Morgan fingerprint density at radius 2 is 2.09 bits per heavy atom. The molecule has 0 aliphatic heterocycles. The first-order chi connectivity index (χ1) is 10.7. The molecule has 0 saturated carbocycles. The highest BCUT2D eigenvalue weighted by Gasteiger charge is 2.02. The van der Waals surface area contributed by atoms with E-state index >= 15 is 0 Å². The van der Waals surface area contributed by atoms with E-state index in [1.165, 1.54) is 0 Å². The molecule has 0 unspecified atom stereocenters. The van der Waals surface area contributed by atoms with E-state index in [-0.39, 0.29) is 0 Å². The fourth-order valence-corrected chi connectivity index (χ4v) is 1.99. The summed E-state index contributed by atoms with van der Waals surface area (Å²) >= 11 is 5.89. The third-order valence-corrected chi connectivity index (χ3v) is 3.26. The van der Waals surface area contributed by atoms with Gasteiger partial charge in [0, 0.05) is 44.0 Å². The summed E-state index contributed by atoms with van der Waals surface area (Å²) in [6.45, 7) is 1.98. The molecule has 0 aliphatic rings. The van der Waals surface area contributed by atoms with Crippen molar-refractivity contribution in [3.05, 3.63) is 47.2 Å². The summed E-state index contributed by atoms with van der Waals surface area (Å²) in [5, 5.41) is 11.4. The van der Waals surface area contributed by atoms with Crippen LogP contribution in [0.5, 0.6) is 0 Å². The minimum absolute atomic E-state index is 0.634. The summed E-state index contributed by atoms with van der Waals surface area (Å²) < 4.78 is 6.81. The van der Waals surface area contributed by atoms with Crippen LogP contribution in [0.25, 0.3) is 5.69 Å². The second-order valence-corrected chi connectivity index (χ2v) is 5.05. The smallest absolute Gasteiger partial charge is 0.191 e. The van der Waals surface area contributed by atoms with Gasteiger partial charge in [-0.25, -0.2) is 4.68 Å². The van der Waals surface area contributed by atoms with Crippen molar-refractivity contribution in [1.82, 2.24) is 20.4 Å². The number of halogens is 1. The van der Waals surface area contributed by atoms with Gasteiger partial charge in [-0.1, -0.05) is 11.6 Å². The zero-order valence-corrected chi connectivity index (χ0v) is 13.5. The van der Waals surface area contributed by atoms with Gasteiger partial charge in [-0.05, 0) is 24.3 Å². The molecule has 2 aromatic rings. The maximum Gasteiger partial charge on any atom is 0.191 e. The Morgan fingerprint density at radius 3 is 2.77 bits per heavy atom. The van der Waals surface area contributed by atoms with E-state index in [4.69, 9.17) is 16.3 Å². The van der Waals surface area contributed by atoms with E-state index < -0.39 is 0 Å². The second kappa shape index (κ2) is 8.41. The molecule has 1 heterocycles. The maximum atomic E-state index is 5.89. The van der Waals surface area contributed by atoms with Crippen LogP contribution in [0.2, 0.25) is 5.02 Å². The highest BCUT2D eigenvalue weighted by atomic mass is 35.5. The molecule has 1 aromatic heterocycles. The monoisotopic (exact) mass is 321 g/mol. The Bertz CT molecular complexity index is 609. The fourth-order valence-electron chi connectivity index (χ4n) is 1.86. The lowest BCUT2D eigenvalue weighted by Crippen LogP contribution is -2.38. The molecule has 0 aliphatic carbocycles. The molecule has 7 heteroatoms. The van der Waals surface area contributed by atoms with Crippen molar-refractivity contribution < 1.29 is 4.74 Å². The molecule has 2 N–H and O–H groups in total. The van der Waals surface area contributed by atoms with Crippen LogP contribution >= 0.6 is 11.6 Å². The molecule has 0 saturated heterocycles. The summed E-state index contributed by atoms with van der Waals surface area (Å²) in [6, 6.07) is 7.55. The Kier molecular flexibility index (Phi) is 6.24. The molecule has 0 atom stereocenters. The lowest BCUT2D eigenvalue weighted by atomic mass is 10.3. The van der Waals surface area contributed by atoms with Crippen molar-refractivity contribution in [3.63, 3.8) is 0 Å². The Labute approximate surface area is 135 Å². The predicted molar refractivity (Wildman–Crippen MR) is 88.7 cm³/mol. The predicted octanol–water partition coefficient (Wildman–Crippen LogP) is 1.84. The molecular weight excluding hydrogens is 302 g/mol. The highest BCUT2D eigenvalue weighted by molar-refractivity contribution is 6.30. The fraction of sp³-hybridized carbons (Fsp3) is 0.333. The number of benzene rings is 1. The average molecular weight is 322 g/mol.